The average molecular weight is 192 g/mol. The van der Waals surface area contributed by atoms with Gasteiger partial charge in [0.15, 0.2) is 0 Å². The third-order valence-electron chi connectivity index (χ3n) is 1.62. The van der Waals surface area contributed by atoms with Crippen molar-refractivity contribution in [1.82, 2.24) is 0 Å². The van der Waals surface area contributed by atoms with Crippen LogP contribution in [-0.2, 0) is 6.42 Å². The van der Waals surface area contributed by atoms with Gasteiger partial charge >= 0.3 is 0 Å². The summed E-state index contributed by atoms with van der Waals surface area (Å²) in [5, 5.41) is 17.6. The molecular weight excluding hydrogens is 186 g/mol. The van der Waals surface area contributed by atoms with E-state index in [-0.39, 0.29) is 6.42 Å². The van der Waals surface area contributed by atoms with Crippen LogP contribution >= 0.6 is 11.6 Å². The van der Waals surface area contributed by atoms with Gasteiger partial charge in [-0.05, 0) is 17.7 Å². The first kappa shape index (κ1) is 9.38. The zero-order valence-electron chi connectivity index (χ0n) is 6.71. The van der Waals surface area contributed by atoms with Gasteiger partial charge in [-0.1, -0.05) is 11.6 Å². The third-order valence-corrected chi connectivity index (χ3v) is 1.84. The standard InChI is InChI=1S/C9H6ClN3/c10-8-3-6(1-2-11)9(13)7(4-8)5-12/h3-4H,1,13H2. The zero-order chi connectivity index (χ0) is 9.84. The Kier molecular flexibility index (Phi) is 2.74. The van der Waals surface area contributed by atoms with E-state index in [1.807, 2.05) is 12.1 Å². The molecule has 4 heteroatoms. The topological polar surface area (TPSA) is 73.6 Å². The fourth-order valence-electron chi connectivity index (χ4n) is 0.998. The number of hydrogen-bond acceptors (Lipinski definition) is 3. The number of nitrogens with zero attached hydrogens (tertiary/aromatic N) is 2. The lowest BCUT2D eigenvalue weighted by Gasteiger charge is -2.03. The van der Waals surface area contributed by atoms with Crippen LogP contribution in [-0.4, -0.2) is 0 Å². The Morgan fingerprint density at radius 1 is 1.38 bits per heavy atom. The fourth-order valence-corrected chi connectivity index (χ4v) is 1.24. The summed E-state index contributed by atoms with van der Waals surface area (Å²) in [7, 11) is 0. The van der Waals surface area contributed by atoms with Crippen LogP contribution in [0.4, 0.5) is 5.69 Å². The molecule has 1 aromatic rings. The van der Waals surface area contributed by atoms with E-state index in [2.05, 4.69) is 0 Å². The normalized spacial score (nSPS) is 8.85. The summed E-state index contributed by atoms with van der Waals surface area (Å²) < 4.78 is 0. The Morgan fingerprint density at radius 2 is 2.08 bits per heavy atom. The van der Waals surface area contributed by atoms with Crippen molar-refractivity contribution < 1.29 is 0 Å². The van der Waals surface area contributed by atoms with E-state index in [0.29, 0.717) is 21.8 Å². The molecule has 0 heterocycles. The SMILES string of the molecule is N#CCc1cc(Cl)cc(C#N)c1N. The first-order valence-corrected chi connectivity index (χ1v) is 3.91. The highest BCUT2D eigenvalue weighted by Gasteiger charge is 2.06. The van der Waals surface area contributed by atoms with E-state index in [1.165, 1.54) is 6.07 Å². The lowest BCUT2D eigenvalue weighted by molar-refractivity contribution is 1.26. The van der Waals surface area contributed by atoms with Gasteiger partial charge in [0.2, 0.25) is 0 Å². The highest BCUT2D eigenvalue weighted by atomic mass is 35.5. The van der Waals surface area contributed by atoms with Gasteiger partial charge in [0.1, 0.15) is 6.07 Å². The Labute approximate surface area is 81.0 Å². The summed E-state index contributed by atoms with van der Waals surface area (Å²) in [5.74, 6) is 0. The van der Waals surface area contributed by atoms with E-state index in [1.54, 1.807) is 6.07 Å². The molecule has 3 nitrogen and oxygen atoms in total. The van der Waals surface area contributed by atoms with E-state index in [4.69, 9.17) is 27.9 Å². The summed E-state index contributed by atoms with van der Waals surface area (Å²) in [5.41, 5.74) is 6.88. The second-order valence-corrected chi connectivity index (χ2v) is 2.91. The van der Waals surface area contributed by atoms with Crippen LogP contribution in [0, 0.1) is 22.7 Å². The Morgan fingerprint density at radius 3 is 2.62 bits per heavy atom. The van der Waals surface area contributed by atoms with E-state index in [0.717, 1.165) is 0 Å². The lowest BCUT2D eigenvalue weighted by atomic mass is 10.1. The van der Waals surface area contributed by atoms with Crippen LogP contribution in [0.25, 0.3) is 0 Å². The number of benzene rings is 1. The monoisotopic (exact) mass is 191 g/mol. The minimum atomic E-state index is 0.168. The number of nitriles is 2. The zero-order valence-corrected chi connectivity index (χ0v) is 7.47. The van der Waals surface area contributed by atoms with Crippen LogP contribution in [0.3, 0.4) is 0 Å². The Balaban J connectivity index is 3.31. The molecule has 0 saturated heterocycles. The number of anilines is 1. The molecule has 13 heavy (non-hydrogen) atoms. The van der Waals surface area contributed by atoms with Crippen LogP contribution < -0.4 is 5.73 Å². The molecule has 0 bridgehead atoms. The minimum Gasteiger partial charge on any atom is -0.397 e. The second-order valence-electron chi connectivity index (χ2n) is 2.47. The molecule has 0 radical (unpaired) electrons. The van der Waals surface area contributed by atoms with Crippen molar-refractivity contribution in [2.75, 3.05) is 5.73 Å². The predicted octanol–water partition coefficient (Wildman–Crippen LogP) is 1.86. The number of hydrogen-bond donors (Lipinski definition) is 1. The molecule has 0 atom stereocenters. The van der Waals surface area contributed by atoms with E-state index < -0.39 is 0 Å². The van der Waals surface area contributed by atoms with Crippen molar-refractivity contribution in [1.29, 1.82) is 10.5 Å². The lowest BCUT2D eigenvalue weighted by Crippen LogP contribution is -1.97. The minimum absolute atomic E-state index is 0.168. The van der Waals surface area contributed by atoms with Gasteiger partial charge in [-0.3, -0.25) is 0 Å². The quantitative estimate of drug-likeness (QED) is 0.689. The van der Waals surface area contributed by atoms with Gasteiger partial charge < -0.3 is 5.73 Å². The van der Waals surface area contributed by atoms with Crippen molar-refractivity contribution in [3.63, 3.8) is 0 Å². The molecule has 0 unspecified atom stereocenters. The summed E-state index contributed by atoms with van der Waals surface area (Å²) in [6.45, 7) is 0. The number of nitrogen functional groups attached to an aromatic ring is 1. The van der Waals surface area contributed by atoms with Gasteiger partial charge in [-0.2, -0.15) is 10.5 Å². The summed E-state index contributed by atoms with van der Waals surface area (Å²) in [4.78, 5) is 0. The van der Waals surface area contributed by atoms with Gasteiger partial charge in [0.25, 0.3) is 0 Å². The maximum Gasteiger partial charge on any atom is 0.101 e. The maximum atomic E-state index is 8.66. The van der Waals surface area contributed by atoms with Crippen molar-refractivity contribution in [2.24, 2.45) is 0 Å². The summed E-state index contributed by atoms with van der Waals surface area (Å²) in [6, 6.07) is 6.95. The predicted molar refractivity (Wildman–Crippen MR) is 49.9 cm³/mol. The van der Waals surface area contributed by atoms with Gasteiger partial charge in [-0.15, -0.1) is 0 Å². The van der Waals surface area contributed by atoms with Crippen molar-refractivity contribution in [3.05, 3.63) is 28.3 Å². The largest absolute Gasteiger partial charge is 0.397 e. The first-order valence-electron chi connectivity index (χ1n) is 3.54. The molecule has 0 saturated carbocycles. The molecule has 0 aromatic heterocycles. The Bertz CT molecular complexity index is 412. The molecular formula is C9H6ClN3. The highest BCUT2D eigenvalue weighted by molar-refractivity contribution is 6.30. The summed E-state index contributed by atoms with van der Waals surface area (Å²) >= 11 is 5.72. The highest BCUT2D eigenvalue weighted by Crippen LogP contribution is 2.22. The smallest absolute Gasteiger partial charge is 0.101 e. The summed E-state index contributed by atoms with van der Waals surface area (Å²) in [6.07, 6.45) is 0.168. The molecule has 2 N–H and O–H groups in total. The van der Waals surface area contributed by atoms with Gasteiger partial charge in [0, 0.05) is 5.02 Å². The van der Waals surface area contributed by atoms with Gasteiger partial charge in [-0.25, -0.2) is 0 Å². The number of rotatable bonds is 1. The second kappa shape index (κ2) is 3.80. The number of nitrogens with two attached hydrogens (primary N) is 1. The van der Waals surface area contributed by atoms with Crippen LogP contribution in [0.15, 0.2) is 12.1 Å². The van der Waals surface area contributed by atoms with Crippen molar-refractivity contribution >= 4 is 17.3 Å². The molecule has 0 aliphatic carbocycles. The van der Waals surface area contributed by atoms with Crippen LogP contribution in [0.5, 0.6) is 0 Å². The van der Waals surface area contributed by atoms with Crippen LogP contribution in [0.2, 0.25) is 5.02 Å². The molecule has 0 aliphatic rings. The van der Waals surface area contributed by atoms with Gasteiger partial charge in [0.05, 0.1) is 23.7 Å². The van der Waals surface area contributed by atoms with Crippen LogP contribution in [0.1, 0.15) is 11.1 Å². The fraction of sp³-hybridized carbons (Fsp3) is 0.111. The maximum absolute atomic E-state index is 8.66. The molecule has 0 amide bonds. The first-order chi connectivity index (χ1) is 6.19. The third kappa shape index (κ3) is 1.90. The van der Waals surface area contributed by atoms with E-state index >= 15 is 0 Å². The molecule has 1 rings (SSSR count). The molecule has 0 aliphatic heterocycles. The molecule has 0 spiro atoms. The molecule has 0 fully saturated rings. The number of halogens is 1. The van der Waals surface area contributed by atoms with E-state index in [9.17, 15) is 0 Å². The average Bonchev–Trinajstić information content (AvgIpc) is 2.11. The Hall–Kier alpha value is -1.71. The van der Waals surface area contributed by atoms with Crippen molar-refractivity contribution in [2.45, 2.75) is 6.42 Å². The van der Waals surface area contributed by atoms with Crippen molar-refractivity contribution in [3.8, 4) is 12.1 Å². The molecule has 64 valence electrons. The molecule has 1 aromatic carbocycles.